The fourth-order valence-electron chi connectivity index (χ4n) is 2.19. The normalized spacial score (nSPS) is 21.8. The number of nitrogens with zero attached hydrogens (tertiary/aromatic N) is 1. The Hall–Kier alpha value is -0.840. The molecule has 0 amide bonds. The number of aliphatic hydroxyl groups excluding tert-OH is 1. The Morgan fingerprint density at radius 2 is 2.31 bits per heavy atom. The van der Waals surface area contributed by atoms with E-state index in [-0.39, 0.29) is 6.61 Å². The van der Waals surface area contributed by atoms with Crippen molar-refractivity contribution >= 4 is 0 Å². The van der Waals surface area contributed by atoms with Crippen LogP contribution in [-0.2, 0) is 13.2 Å². The Labute approximate surface area is 96.2 Å². The molecule has 2 rings (SSSR count). The first-order valence-electron chi connectivity index (χ1n) is 5.85. The number of aliphatic hydroxyl groups is 1. The van der Waals surface area contributed by atoms with Crippen molar-refractivity contribution in [1.29, 1.82) is 0 Å². The van der Waals surface area contributed by atoms with Crippen LogP contribution in [0.25, 0.3) is 0 Å². The SMILES string of the molecule is CN1CCC(CNCc2ccc(CO)o2)C1. The first-order chi connectivity index (χ1) is 7.78. The van der Waals surface area contributed by atoms with Crippen LogP contribution in [0.15, 0.2) is 16.5 Å². The van der Waals surface area contributed by atoms with E-state index in [1.807, 2.05) is 12.1 Å². The summed E-state index contributed by atoms with van der Waals surface area (Å²) in [4.78, 5) is 2.36. The van der Waals surface area contributed by atoms with Crippen LogP contribution < -0.4 is 5.32 Å². The van der Waals surface area contributed by atoms with Gasteiger partial charge in [-0.05, 0) is 44.6 Å². The van der Waals surface area contributed by atoms with Crippen LogP contribution in [0.5, 0.6) is 0 Å². The van der Waals surface area contributed by atoms with E-state index in [9.17, 15) is 0 Å². The monoisotopic (exact) mass is 224 g/mol. The number of likely N-dealkylation sites (tertiary alicyclic amines) is 1. The molecule has 1 aromatic heterocycles. The lowest BCUT2D eigenvalue weighted by Crippen LogP contribution is -2.24. The molecule has 4 heteroatoms. The molecule has 0 bridgehead atoms. The van der Waals surface area contributed by atoms with E-state index in [1.54, 1.807) is 0 Å². The van der Waals surface area contributed by atoms with Crippen LogP contribution in [0.3, 0.4) is 0 Å². The molecule has 0 aliphatic carbocycles. The molecule has 2 N–H and O–H groups in total. The molecule has 0 radical (unpaired) electrons. The average molecular weight is 224 g/mol. The molecule has 1 aliphatic heterocycles. The zero-order chi connectivity index (χ0) is 11.4. The van der Waals surface area contributed by atoms with Crippen molar-refractivity contribution in [2.45, 2.75) is 19.6 Å². The van der Waals surface area contributed by atoms with Crippen LogP contribution in [0.2, 0.25) is 0 Å². The van der Waals surface area contributed by atoms with Gasteiger partial charge >= 0.3 is 0 Å². The van der Waals surface area contributed by atoms with E-state index in [4.69, 9.17) is 9.52 Å². The van der Waals surface area contributed by atoms with Crippen LogP contribution >= 0.6 is 0 Å². The minimum Gasteiger partial charge on any atom is -0.462 e. The predicted octanol–water partition coefficient (Wildman–Crippen LogP) is 0.813. The Kier molecular flexibility index (Phi) is 3.98. The second-order valence-electron chi connectivity index (χ2n) is 4.57. The highest BCUT2D eigenvalue weighted by atomic mass is 16.4. The average Bonchev–Trinajstić information content (AvgIpc) is 2.88. The molecule has 1 unspecified atom stereocenters. The Bertz CT molecular complexity index is 325. The molecular formula is C12H20N2O2. The van der Waals surface area contributed by atoms with Crippen molar-refractivity contribution in [2.75, 3.05) is 26.7 Å². The lowest BCUT2D eigenvalue weighted by atomic mass is 10.1. The summed E-state index contributed by atoms with van der Waals surface area (Å²) in [5.74, 6) is 2.30. The van der Waals surface area contributed by atoms with Crippen molar-refractivity contribution in [1.82, 2.24) is 10.2 Å². The highest BCUT2D eigenvalue weighted by Gasteiger charge is 2.18. The van der Waals surface area contributed by atoms with Gasteiger partial charge in [-0.25, -0.2) is 0 Å². The van der Waals surface area contributed by atoms with Crippen molar-refractivity contribution in [2.24, 2.45) is 5.92 Å². The quantitative estimate of drug-likeness (QED) is 0.777. The van der Waals surface area contributed by atoms with Gasteiger partial charge in [-0.2, -0.15) is 0 Å². The third-order valence-electron chi connectivity index (χ3n) is 3.09. The predicted molar refractivity (Wildman–Crippen MR) is 61.9 cm³/mol. The van der Waals surface area contributed by atoms with Crippen molar-refractivity contribution in [3.8, 4) is 0 Å². The maximum Gasteiger partial charge on any atom is 0.129 e. The third kappa shape index (κ3) is 3.07. The van der Waals surface area contributed by atoms with Gasteiger partial charge in [0.2, 0.25) is 0 Å². The molecule has 0 saturated carbocycles. The number of rotatable bonds is 5. The third-order valence-corrected chi connectivity index (χ3v) is 3.09. The van der Waals surface area contributed by atoms with Gasteiger partial charge in [0.1, 0.15) is 18.1 Å². The van der Waals surface area contributed by atoms with E-state index >= 15 is 0 Å². The van der Waals surface area contributed by atoms with Crippen molar-refractivity contribution in [3.63, 3.8) is 0 Å². The van der Waals surface area contributed by atoms with Gasteiger partial charge in [0, 0.05) is 6.54 Å². The largest absolute Gasteiger partial charge is 0.462 e. The zero-order valence-corrected chi connectivity index (χ0v) is 9.78. The molecule has 1 atom stereocenters. The Morgan fingerprint density at radius 1 is 1.50 bits per heavy atom. The number of hydrogen-bond donors (Lipinski definition) is 2. The second-order valence-corrected chi connectivity index (χ2v) is 4.57. The number of furan rings is 1. The smallest absolute Gasteiger partial charge is 0.129 e. The fraction of sp³-hybridized carbons (Fsp3) is 0.667. The lowest BCUT2D eigenvalue weighted by molar-refractivity contribution is 0.242. The minimum atomic E-state index is -0.0204. The standard InChI is InChI=1S/C12H20N2O2/c1-14-5-4-10(8-14)6-13-7-11-2-3-12(9-15)16-11/h2-3,10,13,15H,4-9H2,1H3. The molecule has 90 valence electrons. The molecule has 4 nitrogen and oxygen atoms in total. The van der Waals surface area contributed by atoms with Gasteiger partial charge in [0.25, 0.3) is 0 Å². The fourth-order valence-corrected chi connectivity index (χ4v) is 2.19. The summed E-state index contributed by atoms with van der Waals surface area (Å²) in [5, 5.41) is 12.3. The van der Waals surface area contributed by atoms with Crippen molar-refractivity contribution in [3.05, 3.63) is 23.7 Å². The maximum absolute atomic E-state index is 8.86. The molecular weight excluding hydrogens is 204 g/mol. The molecule has 0 aromatic carbocycles. The molecule has 1 aliphatic rings. The summed E-state index contributed by atoms with van der Waals surface area (Å²) >= 11 is 0. The molecule has 0 spiro atoms. The maximum atomic E-state index is 8.86. The number of hydrogen-bond acceptors (Lipinski definition) is 4. The number of nitrogens with one attached hydrogen (secondary N) is 1. The van der Waals surface area contributed by atoms with Crippen LogP contribution in [-0.4, -0.2) is 36.7 Å². The van der Waals surface area contributed by atoms with E-state index < -0.39 is 0 Å². The first kappa shape index (κ1) is 11.6. The molecule has 1 fully saturated rings. The summed E-state index contributed by atoms with van der Waals surface area (Å²) in [6, 6.07) is 3.74. The summed E-state index contributed by atoms with van der Waals surface area (Å²) in [5.41, 5.74) is 0. The lowest BCUT2D eigenvalue weighted by Gasteiger charge is -2.10. The van der Waals surface area contributed by atoms with Crippen LogP contribution in [0.1, 0.15) is 17.9 Å². The van der Waals surface area contributed by atoms with Gasteiger partial charge in [0.05, 0.1) is 6.54 Å². The van der Waals surface area contributed by atoms with Gasteiger partial charge in [-0.3, -0.25) is 0 Å². The topological polar surface area (TPSA) is 48.6 Å². The molecule has 1 aromatic rings. The summed E-state index contributed by atoms with van der Waals surface area (Å²) in [6.07, 6.45) is 1.28. The summed E-state index contributed by atoms with van der Waals surface area (Å²) < 4.78 is 5.40. The van der Waals surface area contributed by atoms with Gasteiger partial charge in [-0.1, -0.05) is 0 Å². The Balaban J connectivity index is 1.67. The molecule has 16 heavy (non-hydrogen) atoms. The van der Waals surface area contributed by atoms with E-state index in [2.05, 4.69) is 17.3 Å². The van der Waals surface area contributed by atoms with E-state index in [0.29, 0.717) is 5.76 Å². The summed E-state index contributed by atoms with van der Waals surface area (Å²) in [6.45, 7) is 4.17. The molecule has 2 heterocycles. The first-order valence-corrected chi connectivity index (χ1v) is 5.85. The summed E-state index contributed by atoms with van der Waals surface area (Å²) in [7, 11) is 2.17. The van der Waals surface area contributed by atoms with E-state index in [1.165, 1.54) is 19.5 Å². The van der Waals surface area contributed by atoms with Gasteiger partial charge in [0.15, 0.2) is 0 Å². The highest BCUT2D eigenvalue weighted by molar-refractivity contribution is 5.06. The van der Waals surface area contributed by atoms with Gasteiger partial charge < -0.3 is 19.7 Å². The van der Waals surface area contributed by atoms with Gasteiger partial charge in [-0.15, -0.1) is 0 Å². The second kappa shape index (κ2) is 5.48. The van der Waals surface area contributed by atoms with Crippen LogP contribution in [0.4, 0.5) is 0 Å². The molecule has 1 saturated heterocycles. The highest BCUT2D eigenvalue weighted by Crippen LogP contribution is 2.13. The zero-order valence-electron chi connectivity index (χ0n) is 9.78. The van der Waals surface area contributed by atoms with E-state index in [0.717, 1.165) is 24.8 Å². The Morgan fingerprint density at radius 3 is 2.94 bits per heavy atom. The van der Waals surface area contributed by atoms with Crippen LogP contribution in [0, 0.1) is 5.92 Å². The minimum absolute atomic E-state index is 0.0204. The van der Waals surface area contributed by atoms with Crippen molar-refractivity contribution < 1.29 is 9.52 Å².